The van der Waals surface area contributed by atoms with E-state index in [4.69, 9.17) is 16.8 Å². The Bertz CT molecular complexity index is 3070. The Morgan fingerprint density at radius 3 is 1.78 bits per heavy atom. The molecule has 0 unspecified atom stereocenters. The van der Waals surface area contributed by atoms with Crippen molar-refractivity contribution >= 4 is 43.5 Å². The number of hydrogen-bond acceptors (Lipinski definition) is 1. The summed E-state index contributed by atoms with van der Waals surface area (Å²) >= 11 is 0. The summed E-state index contributed by atoms with van der Waals surface area (Å²) in [5.74, 6) is 0. The maximum absolute atomic E-state index is 9.55. The maximum Gasteiger partial charge on any atom is 0.136 e. The highest BCUT2D eigenvalue weighted by atomic mass is 16.3. The monoisotopic (exact) mass is 583 g/mol. The topological polar surface area (TPSA) is 13.1 Å². The lowest BCUT2D eigenvalue weighted by Crippen LogP contribution is -1.91. The van der Waals surface area contributed by atoms with Crippen LogP contribution in [0.2, 0.25) is 0 Å². The van der Waals surface area contributed by atoms with Crippen LogP contribution in [-0.2, 0) is 0 Å². The zero-order valence-corrected chi connectivity index (χ0v) is 23.7. The van der Waals surface area contributed by atoms with Gasteiger partial charge >= 0.3 is 0 Å². The van der Waals surface area contributed by atoms with Crippen LogP contribution in [0, 0.1) is 0 Å². The molecular formula is C44H28O. The van der Waals surface area contributed by atoms with Crippen LogP contribution in [0.25, 0.3) is 88.0 Å². The minimum Gasteiger partial charge on any atom is -0.456 e. The van der Waals surface area contributed by atoms with Crippen molar-refractivity contribution in [3.8, 4) is 44.5 Å². The molecule has 210 valence electrons. The van der Waals surface area contributed by atoms with Crippen molar-refractivity contribution in [1.29, 1.82) is 0 Å². The Kier molecular flexibility index (Phi) is 3.87. The second-order valence-corrected chi connectivity index (χ2v) is 10.8. The summed E-state index contributed by atoms with van der Waals surface area (Å²) in [6.07, 6.45) is 0. The van der Waals surface area contributed by atoms with Gasteiger partial charge in [0.15, 0.2) is 0 Å². The molecule has 0 aliphatic rings. The van der Waals surface area contributed by atoms with Gasteiger partial charge in [0.05, 0.1) is 15.1 Å². The molecule has 0 saturated carbocycles. The van der Waals surface area contributed by atoms with Crippen LogP contribution in [-0.4, -0.2) is 0 Å². The molecule has 0 radical (unpaired) electrons. The van der Waals surface area contributed by atoms with Crippen LogP contribution in [0.4, 0.5) is 0 Å². The molecular weight excluding hydrogens is 544 g/mol. The van der Waals surface area contributed by atoms with Crippen molar-refractivity contribution in [3.63, 3.8) is 0 Å². The Morgan fingerprint density at radius 2 is 1.04 bits per heavy atom. The van der Waals surface area contributed by atoms with Gasteiger partial charge < -0.3 is 4.42 Å². The fraction of sp³-hybridized carbons (Fsp3) is 0. The molecule has 0 aliphatic heterocycles. The number of rotatable bonds is 4. The van der Waals surface area contributed by atoms with Gasteiger partial charge in [-0.25, -0.2) is 0 Å². The number of benzene rings is 8. The summed E-state index contributed by atoms with van der Waals surface area (Å²) in [4.78, 5) is 0. The molecule has 1 heteroatoms. The predicted molar refractivity (Wildman–Crippen MR) is 190 cm³/mol. The third kappa shape index (κ3) is 4.17. The average Bonchev–Trinajstić information content (AvgIpc) is 3.63. The Hall–Kier alpha value is -5.92. The van der Waals surface area contributed by atoms with Crippen molar-refractivity contribution < 1.29 is 19.5 Å². The second-order valence-electron chi connectivity index (χ2n) is 10.8. The molecule has 0 spiro atoms. The molecule has 0 aliphatic carbocycles. The van der Waals surface area contributed by atoms with Crippen LogP contribution in [0.15, 0.2) is 174 Å². The van der Waals surface area contributed by atoms with E-state index in [-0.39, 0.29) is 39.1 Å². The Morgan fingerprint density at radius 1 is 0.400 bits per heavy atom. The molecule has 9 rings (SSSR count). The summed E-state index contributed by atoms with van der Waals surface area (Å²) in [5, 5.41) is 3.14. The molecule has 0 fully saturated rings. The summed E-state index contributed by atoms with van der Waals surface area (Å²) in [6, 6.07) is 27.8. The molecule has 45 heavy (non-hydrogen) atoms. The zero-order valence-electron chi connectivity index (χ0n) is 34.7. The SMILES string of the molecule is [2H]c1c([2H])c([2H])c(-c2c([2H])c([2H])c3oc4c([2H])c([2H])c([2H])c(-c5c6ccccc6c(-c6cccc(-c7ccccc7)c6)c6ccccc56)c4c3c2[2H])c([2H])c1[2H]. The van der Waals surface area contributed by atoms with Crippen LogP contribution >= 0.6 is 0 Å². The van der Waals surface area contributed by atoms with Gasteiger partial charge in [-0.15, -0.1) is 0 Å². The first-order valence-electron chi connectivity index (χ1n) is 20.0. The first-order valence-corrected chi connectivity index (χ1v) is 14.5. The fourth-order valence-corrected chi connectivity index (χ4v) is 6.33. The number of furan rings is 1. The van der Waals surface area contributed by atoms with Crippen molar-refractivity contribution in [2.24, 2.45) is 0 Å². The quantitative estimate of drug-likeness (QED) is 0.188. The molecule has 1 heterocycles. The summed E-state index contributed by atoms with van der Waals surface area (Å²) in [5.41, 5.74) is 3.51. The van der Waals surface area contributed by atoms with Crippen LogP contribution < -0.4 is 0 Å². The van der Waals surface area contributed by atoms with Crippen LogP contribution in [0.3, 0.4) is 0 Å². The highest BCUT2D eigenvalue weighted by Crippen LogP contribution is 2.47. The van der Waals surface area contributed by atoms with Crippen molar-refractivity contribution in [2.45, 2.75) is 0 Å². The summed E-state index contributed by atoms with van der Waals surface area (Å²) < 4.78 is 103. The largest absolute Gasteiger partial charge is 0.456 e. The van der Waals surface area contributed by atoms with Crippen molar-refractivity contribution in [1.82, 2.24) is 0 Å². The van der Waals surface area contributed by atoms with Gasteiger partial charge in [-0.05, 0) is 90.2 Å². The van der Waals surface area contributed by atoms with Crippen molar-refractivity contribution in [3.05, 3.63) is 170 Å². The molecule has 8 aromatic carbocycles. The lowest BCUT2D eigenvalue weighted by Gasteiger charge is -2.18. The van der Waals surface area contributed by atoms with E-state index in [2.05, 4.69) is 30.3 Å². The smallest absolute Gasteiger partial charge is 0.136 e. The van der Waals surface area contributed by atoms with E-state index in [0.29, 0.717) is 16.3 Å². The van der Waals surface area contributed by atoms with Crippen LogP contribution in [0.1, 0.15) is 15.1 Å². The van der Waals surface area contributed by atoms with Crippen LogP contribution in [0.5, 0.6) is 0 Å². The standard InChI is InChI=1S/C44H28O/c1-3-13-29(14-4-1)31-17-11-18-33(27-31)42-34-19-7-9-21-36(34)43(37-22-10-8-20-35(37)42)38-23-12-24-41-44(38)39-28-32(25-26-40(39)45-41)30-15-5-2-6-16-30/h1-28H/i2D,5D,6D,12D,15D,16D,23D,24D,25D,26D,28D. The van der Waals surface area contributed by atoms with Crippen molar-refractivity contribution in [2.75, 3.05) is 0 Å². The van der Waals surface area contributed by atoms with E-state index in [9.17, 15) is 2.74 Å². The van der Waals surface area contributed by atoms with E-state index in [1.807, 2.05) is 72.8 Å². The highest BCUT2D eigenvalue weighted by Gasteiger charge is 2.20. The summed E-state index contributed by atoms with van der Waals surface area (Å²) in [6.45, 7) is 0. The molecule has 0 saturated heterocycles. The van der Waals surface area contributed by atoms with E-state index in [1.165, 1.54) is 0 Å². The third-order valence-corrected chi connectivity index (χ3v) is 8.26. The predicted octanol–water partition coefficient (Wildman–Crippen LogP) is 12.6. The Balaban J connectivity index is 1.45. The van der Waals surface area contributed by atoms with E-state index in [1.54, 1.807) is 0 Å². The molecule has 0 atom stereocenters. The maximum atomic E-state index is 9.55. The minimum atomic E-state index is -0.655. The van der Waals surface area contributed by atoms with Gasteiger partial charge in [0, 0.05) is 10.8 Å². The lowest BCUT2D eigenvalue weighted by atomic mass is 9.84. The lowest BCUT2D eigenvalue weighted by molar-refractivity contribution is 0.669. The third-order valence-electron chi connectivity index (χ3n) is 8.26. The molecule has 0 N–H and O–H groups in total. The van der Waals surface area contributed by atoms with E-state index < -0.39 is 66.0 Å². The molecule has 0 bridgehead atoms. The normalized spacial score (nSPS) is 15.0. The van der Waals surface area contributed by atoms with E-state index in [0.717, 1.165) is 33.0 Å². The van der Waals surface area contributed by atoms with Gasteiger partial charge in [0.2, 0.25) is 0 Å². The second kappa shape index (κ2) is 10.4. The summed E-state index contributed by atoms with van der Waals surface area (Å²) in [7, 11) is 0. The van der Waals surface area contributed by atoms with E-state index >= 15 is 0 Å². The van der Waals surface area contributed by atoms with Gasteiger partial charge in [-0.3, -0.25) is 0 Å². The number of fused-ring (bicyclic) bond motifs is 5. The highest BCUT2D eigenvalue weighted by molar-refractivity contribution is 6.25. The molecule has 0 amide bonds. The molecule has 1 aromatic heterocycles. The van der Waals surface area contributed by atoms with Gasteiger partial charge in [0.25, 0.3) is 0 Å². The van der Waals surface area contributed by atoms with Gasteiger partial charge in [-0.1, -0.05) is 145 Å². The first-order chi connectivity index (χ1) is 26.9. The molecule has 9 aromatic rings. The Labute approximate surface area is 277 Å². The van der Waals surface area contributed by atoms with Gasteiger partial charge in [0.1, 0.15) is 11.2 Å². The van der Waals surface area contributed by atoms with Gasteiger partial charge in [-0.2, -0.15) is 0 Å². The zero-order chi connectivity index (χ0) is 39.3. The first kappa shape index (κ1) is 16.8. The molecule has 1 nitrogen and oxygen atoms in total. The average molecular weight is 584 g/mol. The number of hydrogen-bond donors (Lipinski definition) is 0. The minimum absolute atomic E-state index is 0.0624. The fourth-order valence-electron chi connectivity index (χ4n) is 6.33.